The van der Waals surface area contributed by atoms with Gasteiger partial charge in [0.05, 0.1) is 12.0 Å². The summed E-state index contributed by atoms with van der Waals surface area (Å²) in [5.41, 5.74) is 0.0208. The first-order valence-corrected chi connectivity index (χ1v) is 6.09. The van der Waals surface area contributed by atoms with Gasteiger partial charge in [0.2, 0.25) is 5.91 Å². The molecule has 1 unspecified atom stereocenters. The maximum Gasteiger partial charge on any atom is 0.223 e. The largest absolute Gasteiger partial charge is 0.378 e. The van der Waals surface area contributed by atoms with Crippen LogP contribution in [0.25, 0.3) is 0 Å². The minimum atomic E-state index is -0.363. The molecular formula is C13H25NO2. The van der Waals surface area contributed by atoms with Crippen LogP contribution in [0, 0.1) is 5.41 Å². The van der Waals surface area contributed by atoms with Crippen LogP contribution in [0.1, 0.15) is 53.4 Å². The average Bonchev–Trinajstić information content (AvgIpc) is 2.44. The van der Waals surface area contributed by atoms with Gasteiger partial charge in [0, 0.05) is 13.2 Å². The van der Waals surface area contributed by atoms with Gasteiger partial charge in [0.15, 0.2) is 0 Å². The fourth-order valence-electron chi connectivity index (χ4n) is 2.30. The van der Waals surface area contributed by atoms with E-state index in [-0.39, 0.29) is 11.5 Å². The molecule has 16 heavy (non-hydrogen) atoms. The van der Waals surface area contributed by atoms with Gasteiger partial charge in [-0.05, 0) is 38.5 Å². The minimum absolute atomic E-state index is 0.106. The molecule has 0 aliphatic heterocycles. The smallest absolute Gasteiger partial charge is 0.223 e. The first-order chi connectivity index (χ1) is 7.24. The van der Waals surface area contributed by atoms with Gasteiger partial charge >= 0.3 is 0 Å². The molecule has 1 atom stereocenters. The van der Waals surface area contributed by atoms with Crippen molar-refractivity contribution in [3.05, 3.63) is 0 Å². The summed E-state index contributed by atoms with van der Waals surface area (Å²) in [6.07, 6.45) is 3.82. The maximum atomic E-state index is 11.8. The van der Waals surface area contributed by atoms with E-state index < -0.39 is 0 Å². The third kappa shape index (κ3) is 4.12. The van der Waals surface area contributed by atoms with Crippen molar-refractivity contribution in [3.63, 3.8) is 0 Å². The van der Waals surface area contributed by atoms with Crippen LogP contribution in [0.2, 0.25) is 0 Å². The summed E-state index contributed by atoms with van der Waals surface area (Å²) in [6.45, 7) is 8.40. The lowest BCUT2D eigenvalue weighted by Crippen LogP contribution is -2.38. The van der Waals surface area contributed by atoms with Gasteiger partial charge in [-0.1, -0.05) is 13.8 Å². The van der Waals surface area contributed by atoms with Crippen LogP contribution in [0.3, 0.4) is 0 Å². The molecule has 0 aromatic rings. The van der Waals surface area contributed by atoms with Crippen molar-refractivity contribution in [3.8, 4) is 0 Å². The number of hydrogen-bond acceptors (Lipinski definition) is 2. The van der Waals surface area contributed by atoms with Crippen LogP contribution >= 0.6 is 0 Å². The molecule has 3 nitrogen and oxygen atoms in total. The zero-order valence-corrected chi connectivity index (χ0v) is 11.2. The van der Waals surface area contributed by atoms with E-state index in [1.165, 1.54) is 6.42 Å². The number of amides is 1. The molecule has 1 aliphatic carbocycles. The van der Waals surface area contributed by atoms with Crippen molar-refractivity contribution in [1.29, 1.82) is 0 Å². The minimum Gasteiger partial charge on any atom is -0.378 e. The Bertz CT molecular complexity index is 259. The van der Waals surface area contributed by atoms with Crippen molar-refractivity contribution in [2.24, 2.45) is 5.41 Å². The second-order valence-electron chi connectivity index (χ2n) is 6.31. The molecule has 1 saturated carbocycles. The number of nitrogens with one attached hydrogen (secondary N) is 1. The van der Waals surface area contributed by atoms with Crippen LogP contribution in [-0.4, -0.2) is 24.7 Å². The van der Waals surface area contributed by atoms with E-state index in [4.69, 9.17) is 4.74 Å². The Morgan fingerprint density at radius 1 is 1.50 bits per heavy atom. The highest BCUT2D eigenvalue weighted by atomic mass is 16.5. The lowest BCUT2D eigenvalue weighted by Gasteiger charge is -2.23. The monoisotopic (exact) mass is 227 g/mol. The Hall–Kier alpha value is -0.570. The second kappa shape index (κ2) is 4.74. The second-order valence-corrected chi connectivity index (χ2v) is 6.31. The molecule has 0 aromatic carbocycles. The number of hydrogen-bond donors (Lipinski definition) is 1. The van der Waals surface area contributed by atoms with Gasteiger partial charge in [0.25, 0.3) is 0 Å². The van der Waals surface area contributed by atoms with Crippen molar-refractivity contribution in [1.82, 2.24) is 5.32 Å². The molecule has 0 bridgehead atoms. The van der Waals surface area contributed by atoms with E-state index in [0.29, 0.717) is 17.9 Å². The normalized spacial score (nSPS) is 24.4. The lowest BCUT2D eigenvalue weighted by molar-refractivity contribution is -0.126. The molecule has 94 valence electrons. The van der Waals surface area contributed by atoms with E-state index in [0.717, 1.165) is 12.8 Å². The molecule has 1 fully saturated rings. The molecular weight excluding hydrogens is 202 g/mol. The molecule has 0 radical (unpaired) electrons. The highest BCUT2D eigenvalue weighted by molar-refractivity contribution is 5.77. The van der Waals surface area contributed by atoms with Crippen LogP contribution in [-0.2, 0) is 9.53 Å². The van der Waals surface area contributed by atoms with Crippen molar-refractivity contribution in [2.75, 3.05) is 7.11 Å². The van der Waals surface area contributed by atoms with Crippen LogP contribution in [0.15, 0.2) is 0 Å². The van der Waals surface area contributed by atoms with Gasteiger partial charge in [-0.3, -0.25) is 4.79 Å². The van der Waals surface area contributed by atoms with Crippen molar-refractivity contribution < 1.29 is 9.53 Å². The molecule has 1 N–H and O–H groups in total. The van der Waals surface area contributed by atoms with Crippen molar-refractivity contribution >= 4 is 5.91 Å². The van der Waals surface area contributed by atoms with E-state index in [1.54, 1.807) is 7.11 Å². The number of methoxy groups -OCH3 is 1. The number of rotatable bonds is 4. The molecule has 3 heteroatoms. The highest BCUT2D eigenvalue weighted by Gasteiger charge is 2.32. The molecule has 1 rings (SSSR count). The van der Waals surface area contributed by atoms with Gasteiger partial charge in [-0.15, -0.1) is 0 Å². The molecule has 1 amide bonds. The Morgan fingerprint density at radius 2 is 2.12 bits per heavy atom. The predicted molar refractivity (Wildman–Crippen MR) is 65.3 cm³/mol. The van der Waals surface area contributed by atoms with E-state index in [9.17, 15) is 4.79 Å². The Morgan fingerprint density at radius 3 is 2.56 bits per heavy atom. The van der Waals surface area contributed by atoms with Gasteiger partial charge < -0.3 is 10.1 Å². The topological polar surface area (TPSA) is 38.3 Å². The number of carbonyl (C=O) groups excluding carboxylic acids is 1. The number of ether oxygens (including phenoxy) is 1. The zero-order valence-electron chi connectivity index (χ0n) is 11.2. The number of carbonyl (C=O) groups is 1. The van der Waals surface area contributed by atoms with Gasteiger partial charge in [0.1, 0.15) is 0 Å². The lowest BCUT2D eigenvalue weighted by atomic mass is 9.92. The summed E-state index contributed by atoms with van der Waals surface area (Å²) < 4.78 is 5.25. The SMILES string of the molecule is COC(C)(C)CC(=O)NC1CCC(C)(C)C1. The van der Waals surface area contributed by atoms with Crippen LogP contribution < -0.4 is 5.32 Å². The Labute approximate surface area is 98.9 Å². The van der Waals surface area contributed by atoms with E-state index in [1.807, 2.05) is 13.8 Å². The fourth-order valence-corrected chi connectivity index (χ4v) is 2.30. The molecule has 0 spiro atoms. The summed E-state index contributed by atoms with van der Waals surface area (Å²) >= 11 is 0. The van der Waals surface area contributed by atoms with Gasteiger partial charge in [-0.2, -0.15) is 0 Å². The first kappa shape index (κ1) is 13.5. The summed E-state index contributed by atoms with van der Waals surface area (Å²) in [5, 5.41) is 3.11. The Kier molecular flexibility index (Phi) is 4.00. The fraction of sp³-hybridized carbons (Fsp3) is 0.923. The van der Waals surface area contributed by atoms with Crippen molar-refractivity contribution in [2.45, 2.75) is 65.0 Å². The zero-order chi connectivity index (χ0) is 12.4. The van der Waals surface area contributed by atoms with E-state index >= 15 is 0 Å². The Balaban J connectivity index is 2.36. The quantitative estimate of drug-likeness (QED) is 0.801. The van der Waals surface area contributed by atoms with Gasteiger partial charge in [-0.25, -0.2) is 0 Å². The third-order valence-corrected chi connectivity index (χ3v) is 3.47. The molecule has 1 aliphatic rings. The maximum absolute atomic E-state index is 11.8. The summed E-state index contributed by atoms with van der Waals surface area (Å²) in [6, 6.07) is 0.357. The average molecular weight is 227 g/mol. The summed E-state index contributed by atoms with van der Waals surface area (Å²) in [4.78, 5) is 11.8. The molecule has 0 saturated heterocycles. The molecule has 0 aromatic heterocycles. The highest BCUT2D eigenvalue weighted by Crippen LogP contribution is 2.36. The standard InChI is InChI=1S/C13H25NO2/c1-12(2)7-6-10(8-12)14-11(15)9-13(3,4)16-5/h10H,6-9H2,1-5H3,(H,14,15). The molecule has 0 heterocycles. The first-order valence-electron chi connectivity index (χ1n) is 6.09. The van der Waals surface area contributed by atoms with E-state index in [2.05, 4.69) is 19.2 Å². The third-order valence-electron chi connectivity index (χ3n) is 3.47. The summed E-state index contributed by atoms with van der Waals surface area (Å²) in [5.74, 6) is 0.106. The summed E-state index contributed by atoms with van der Waals surface area (Å²) in [7, 11) is 1.64. The van der Waals surface area contributed by atoms with Crippen LogP contribution in [0.4, 0.5) is 0 Å². The van der Waals surface area contributed by atoms with Crippen LogP contribution in [0.5, 0.6) is 0 Å². The predicted octanol–water partition coefficient (Wildman–Crippen LogP) is 2.50.